The maximum atomic E-state index is 6.32. The molecule has 1 fully saturated rings. The first-order valence-corrected chi connectivity index (χ1v) is 8.26. The first-order chi connectivity index (χ1) is 9.60. The number of halogens is 1. The third-order valence-corrected chi connectivity index (χ3v) is 4.55. The van der Waals surface area contributed by atoms with Crippen LogP contribution in [0.2, 0.25) is 0 Å². The van der Waals surface area contributed by atoms with Gasteiger partial charge in [0.25, 0.3) is 0 Å². The summed E-state index contributed by atoms with van der Waals surface area (Å²) >= 11 is 3.50. The molecule has 1 heterocycles. The van der Waals surface area contributed by atoms with E-state index in [1.165, 1.54) is 5.56 Å². The highest BCUT2D eigenvalue weighted by Gasteiger charge is 2.25. The minimum Gasteiger partial charge on any atom is -0.376 e. The molecule has 3 atom stereocenters. The summed E-state index contributed by atoms with van der Waals surface area (Å²) in [6.07, 6.45) is 2.46. The molecule has 0 spiro atoms. The number of nitrogens with two attached hydrogens (primary N) is 1. The molecule has 0 aromatic heterocycles. The molecule has 1 aromatic carbocycles. The number of benzene rings is 1. The summed E-state index contributed by atoms with van der Waals surface area (Å²) in [4.78, 5) is 2.53. The molecule has 1 saturated heterocycles. The molecule has 1 aliphatic rings. The summed E-state index contributed by atoms with van der Waals surface area (Å²) in [5, 5.41) is 0. The van der Waals surface area contributed by atoms with Gasteiger partial charge in [-0.05, 0) is 37.5 Å². The SMILES string of the molecule is CCC1COC(C)CN1CCC(N)c1cccc(Br)c1. The Morgan fingerprint density at radius 2 is 2.30 bits per heavy atom. The lowest BCUT2D eigenvalue weighted by Gasteiger charge is -2.38. The van der Waals surface area contributed by atoms with Crippen LogP contribution in [0.25, 0.3) is 0 Å². The van der Waals surface area contributed by atoms with Crippen molar-refractivity contribution in [2.24, 2.45) is 5.73 Å². The fraction of sp³-hybridized carbons (Fsp3) is 0.625. The summed E-state index contributed by atoms with van der Waals surface area (Å²) in [6, 6.07) is 8.94. The van der Waals surface area contributed by atoms with Crippen LogP contribution in [0.5, 0.6) is 0 Å². The molecular formula is C16H25BrN2O. The molecule has 0 aliphatic carbocycles. The van der Waals surface area contributed by atoms with E-state index < -0.39 is 0 Å². The topological polar surface area (TPSA) is 38.5 Å². The molecule has 1 aromatic rings. The van der Waals surface area contributed by atoms with Gasteiger partial charge in [0.1, 0.15) is 0 Å². The van der Waals surface area contributed by atoms with Crippen LogP contribution in [0.4, 0.5) is 0 Å². The lowest BCUT2D eigenvalue weighted by Crippen LogP contribution is -2.49. The van der Waals surface area contributed by atoms with E-state index in [1.54, 1.807) is 0 Å². The molecule has 112 valence electrons. The number of morpholine rings is 1. The van der Waals surface area contributed by atoms with Crippen LogP contribution in [-0.4, -0.2) is 36.7 Å². The number of hydrogen-bond acceptors (Lipinski definition) is 3. The number of hydrogen-bond donors (Lipinski definition) is 1. The maximum absolute atomic E-state index is 6.32. The van der Waals surface area contributed by atoms with Crippen molar-refractivity contribution in [3.8, 4) is 0 Å². The monoisotopic (exact) mass is 340 g/mol. The van der Waals surface area contributed by atoms with E-state index in [0.29, 0.717) is 12.1 Å². The Kier molecular flexibility index (Phi) is 6.02. The van der Waals surface area contributed by atoms with E-state index >= 15 is 0 Å². The molecule has 0 saturated carbocycles. The quantitative estimate of drug-likeness (QED) is 0.893. The first-order valence-electron chi connectivity index (χ1n) is 7.46. The number of nitrogens with zero attached hydrogens (tertiary/aromatic N) is 1. The van der Waals surface area contributed by atoms with Gasteiger partial charge >= 0.3 is 0 Å². The molecule has 2 N–H and O–H groups in total. The van der Waals surface area contributed by atoms with Crippen molar-refractivity contribution >= 4 is 15.9 Å². The largest absolute Gasteiger partial charge is 0.376 e. The third-order valence-electron chi connectivity index (χ3n) is 4.06. The molecule has 4 heteroatoms. The Labute approximate surface area is 130 Å². The first kappa shape index (κ1) is 16.0. The molecule has 0 radical (unpaired) electrons. The van der Waals surface area contributed by atoms with E-state index in [0.717, 1.165) is 37.0 Å². The zero-order valence-corrected chi connectivity index (χ0v) is 14.0. The van der Waals surface area contributed by atoms with Crippen LogP contribution < -0.4 is 5.73 Å². The lowest BCUT2D eigenvalue weighted by atomic mass is 10.0. The van der Waals surface area contributed by atoms with Crippen LogP contribution >= 0.6 is 15.9 Å². The van der Waals surface area contributed by atoms with Gasteiger partial charge in [-0.15, -0.1) is 0 Å². The highest BCUT2D eigenvalue weighted by molar-refractivity contribution is 9.10. The number of rotatable bonds is 5. The zero-order valence-electron chi connectivity index (χ0n) is 12.4. The van der Waals surface area contributed by atoms with Crippen LogP contribution in [0.1, 0.15) is 38.3 Å². The predicted octanol–water partition coefficient (Wildman–Crippen LogP) is 3.34. The highest BCUT2D eigenvalue weighted by Crippen LogP contribution is 2.21. The fourth-order valence-corrected chi connectivity index (χ4v) is 3.19. The van der Waals surface area contributed by atoms with Gasteiger partial charge in [-0.25, -0.2) is 0 Å². The van der Waals surface area contributed by atoms with Crippen molar-refractivity contribution in [2.45, 2.75) is 44.9 Å². The molecule has 3 nitrogen and oxygen atoms in total. The van der Waals surface area contributed by atoms with Gasteiger partial charge in [0.15, 0.2) is 0 Å². The minimum atomic E-state index is 0.100. The van der Waals surface area contributed by atoms with Gasteiger partial charge in [0.2, 0.25) is 0 Å². The molecule has 0 amide bonds. The van der Waals surface area contributed by atoms with Gasteiger partial charge < -0.3 is 10.5 Å². The minimum absolute atomic E-state index is 0.100. The van der Waals surface area contributed by atoms with Crippen LogP contribution in [0, 0.1) is 0 Å². The maximum Gasteiger partial charge on any atom is 0.0674 e. The van der Waals surface area contributed by atoms with Gasteiger partial charge in [-0.3, -0.25) is 4.90 Å². The third kappa shape index (κ3) is 4.29. The van der Waals surface area contributed by atoms with E-state index in [1.807, 2.05) is 12.1 Å². The Morgan fingerprint density at radius 1 is 1.50 bits per heavy atom. The summed E-state index contributed by atoms with van der Waals surface area (Å²) in [5.41, 5.74) is 7.53. The van der Waals surface area contributed by atoms with Crippen LogP contribution in [0.3, 0.4) is 0 Å². The van der Waals surface area contributed by atoms with Gasteiger partial charge in [0, 0.05) is 29.6 Å². The Morgan fingerprint density at radius 3 is 3.00 bits per heavy atom. The lowest BCUT2D eigenvalue weighted by molar-refractivity contribution is -0.0564. The number of ether oxygens (including phenoxy) is 1. The standard InChI is InChI=1S/C16H25BrN2O/c1-3-15-11-20-12(2)10-19(15)8-7-16(18)13-5-4-6-14(17)9-13/h4-6,9,12,15-16H,3,7-8,10-11,18H2,1-2H3. The van der Waals surface area contributed by atoms with Crippen molar-refractivity contribution in [2.75, 3.05) is 19.7 Å². The summed E-state index contributed by atoms with van der Waals surface area (Å²) in [6.45, 7) is 7.28. The summed E-state index contributed by atoms with van der Waals surface area (Å²) in [7, 11) is 0. The Bertz CT molecular complexity index is 427. The molecule has 20 heavy (non-hydrogen) atoms. The van der Waals surface area contributed by atoms with Crippen molar-refractivity contribution in [3.05, 3.63) is 34.3 Å². The zero-order chi connectivity index (χ0) is 14.5. The van der Waals surface area contributed by atoms with Crippen molar-refractivity contribution in [3.63, 3.8) is 0 Å². The Balaban J connectivity index is 1.90. The predicted molar refractivity (Wildman–Crippen MR) is 86.8 cm³/mol. The van der Waals surface area contributed by atoms with E-state index in [2.05, 4.69) is 46.8 Å². The average Bonchev–Trinajstić information content (AvgIpc) is 2.45. The van der Waals surface area contributed by atoms with E-state index in [9.17, 15) is 0 Å². The highest BCUT2D eigenvalue weighted by atomic mass is 79.9. The van der Waals surface area contributed by atoms with Gasteiger partial charge in [-0.2, -0.15) is 0 Å². The van der Waals surface area contributed by atoms with Crippen molar-refractivity contribution in [1.82, 2.24) is 4.90 Å². The van der Waals surface area contributed by atoms with Crippen molar-refractivity contribution in [1.29, 1.82) is 0 Å². The molecule has 0 bridgehead atoms. The van der Waals surface area contributed by atoms with Crippen molar-refractivity contribution < 1.29 is 4.74 Å². The van der Waals surface area contributed by atoms with E-state index in [4.69, 9.17) is 10.5 Å². The van der Waals surface area contributed by atoms with E-state index in [-0.39, 0.29) is 6.04 Å². The van der Waals surface area contributed by atoms with Crippen LogP contribution in [0.15, 0.2) is 28.7 Å². The fourth-order valence-electron chi connectivity index (χ4n) is 2.77. The summed E-state index contributed by atoms with van der Waals surface area (Å²) < 4.78 is 6.83. The summed E-state index contributed by atoms with van der Waals surface area (Å²) in [5.74, 6) is 0. The molecule has 3 unspecified atom stereocenters. The normalized spacial score (nSPS) is 25.6. The van der Waals surface area contributed by atoms with Gasteiger partial charge in [0.05, 0.1) is 12.7 Å². The smallest absolute Gasteiger partial charge is 0.0674 e. The average molecular weight is 341 g/mol. The second-order valence-electron chi connectivity index (χ2n) is 5.65. The molecule has 1 aliphatic heterocycles. The second kappa shape index (κ2) is 7.55. The second-order valence-corrected chi connectivity index (χ2v) is 6.57. The molecule has 2 rings (SSSR count). The van der Waals surface area contributed by atoms with Gasteiger partial charge in [-0.1, -0.05) is 35.0 Å². The Hall–Kier alpha value is -0.420. The van der Waals surface area contributed by atoms with Crippen LogP contribution in [-0.2, 0) is 4.74 Å². The molecular weight excluding hydrogens is 316 g/mol.